The smallest absolute Gasteiger partial charge is 0.0678 e. The van der Waals surface area contributed by atoms with Crippen molar-refractivity contribution in [3.8, 4) is 0 Å². The Hall–Kier alpha value is -1.12. The van der Waals surface area contributed by atoms with E-state index in [1.165, 1.54) is 32.0 Å². The van der Waals surface area contributed by atoms with Crippen molar-refractivity contribution < 1.29 is 0 Å². The fraction of sp³-hybridized carbons (Fsp3) is 0.444. The van der Waals surface area contributed by atoms with E-state index in [2.05, 4.69) is 64.2 Å². The molecule has 0 saturated carbocycles. The molecule has 2 aromatic rings. The molecule has 1 N–H and O–H groups in total. The summed E-state index contributed by atoms with van der Waals surface area (Å²) in [6.45, 7) is 12.1. The van der Waals surface area contributed by atoms with Gasteiger partial charge < -0.3 is 5.32 Å². The number of nitrogens with one attached hydrogen (secondary N) is 1. The molecule has 0 aliphatic carbocycles. The molecule has 1 atom stereocenters. The molecular weight excluding hydrogens is 262 g/mol. The maximum absolute atomic E-state index is 3.75. The number of rotatable bonds is 5. The average molecular weight is 287 g/mol. The minimum atomic E-state index is 0.329. The maximum atomic E-state index is 3.75. The third-order valence-electron chi connectivity index (χ3n) is 3.77. The van der Waals surface area contributed by atoms with Crippen LogP contribution in [0, 0.1) is 27.7 Å². The summed E-state index contributed by atoms with van der Waals surface area (Å²) in [6.07, 6.45) is 1.16. The van der Waals surface area contributed by atoms with E-state index >= 15 is 0 Å². The fourth-order valence-electron chi connectivity index (χ4n) is 2.84. The maximum Gasteiger partial charge on any atom is 0.0678 e. The first-order valence-electron chi connectivity index (χ1n) is 7.41. The van der Waals surface area contributed by atoms with Crippen LogP contribution in [0.4, 0.5) is 0 Å². The summed E-state index contributed by atoms with van der Waals surface area (Å²) < 4.78 is 0. The van der Waals surface area contributed by atoms with Crippen LogP contribution in [-0.2, 0) is 0 Å². The zero-order valence-electron chi connectivity index (χ0n) is 13.2. The fourth-order valence-corrected chi connectivity index (χ4v) is 3.96. The molecule has 0 radical (unpaired) electrons. The number of hydrogen-bond acceptors (Lipinski definition) is 2. The van der Waals surface area contributed by atoms with Crippen LogP contribution in [0.5, 0.6) is 0 Å². The van der Waals surface area contributed by atoms with Crippen LogP contribution in [-0.4, -0.2) is 6.54 Å². The Bertz CT molecular complexity index is 563. The molecule has 1 nitrogen and oxygen atoms in total. The first kappa shape index (κ1) is 15.3. The van der Waals surface area contributed by atoms with Gasteiger partial charge in [-0.2, -0.15) is 0 Å². The second kappa shape index (κ2) is 6.55. The lowest BCUT2D eigenvalue weighted by molar-refractivity contribution is 0.599. The van der Waals surface area contributed by atoms with Gasteiger partial charge in [-0.05, 0) is 69.0 Å². The van der Waals surface area contributed by atoms with Crippen molar-refractivity contribution in [1.29, 1.82) is 0 Å². The van der Waals surface area contributed by atoms with E-state index in [4.69, 9.17) is 0 Å². The summed E-state index contributed by atoms with van der Waals surface area (Å²) in [7, 11) is 0. The van der Waals surface area contributed by atoms with Crippen LogP contribution in [0.15, 0.2) is 24.3 Å². The highest BCUT2D eigenvalue weighted by Crippen LogP contribution is 2.34. The Balaban J connectivity index is 2.50. The Morgan fingerprint density at radius 1 is 1.05 bits per heavy atom. The van der Waals surface area contributed by atoms with Gasteiger partial charge >= 0.3 is 0 Å². The van der Waals surface area contributed by atoms with E-state index < -0.39 is 0 Å². The Labute approximate surface area is 127 Å². The first-order valence-corrected chi connectivity index (χ1v) is 8.22. The molecule has 0 aliphatic rings. The van der Waals surface area contributed by atoms with Crippen LogP contribution in [0.25, 0.3) is 0 Å². The minimum absolute atomic E-state index is 0.329. The van der Waals surface area contributed by atoms with E-state index in [1.54, 1.807) is 0 Å². The van der Waals surface area contributed by atoms with Crippen LogP contribution < -0.4 is 5.32 Å². The Kier molecular flexibility index (Phi) is 5.00. The predicted octanol–water partition coefficient (Wildman–Crippen LogP) is 5.07. The molecule has 1 heterocycles. The third kappa shape index (κ3) is 3.13. The first-order chi connectivity index (χ1) is 9.54. The SMILES string of the molecule is CCCNC(c1sc(C)cc1C)c1c(C)cccc1C. The average Bonchev–Trinajstić information content (AvgIpc) is 2.72. The molecule has 1 aromatic carbocycles. The van der Waals surface area contributed by atoms with Crippen LogP contribution in [0.3, 0.4) is 0 Å². The Morgan fingerprint density at radius 2 is 1.70 bits per heavy atom. The number of hydrogen-bond donors (Lipinski definition) is 1. The molecule has 1 aromatic heterocycles. The summed E-state index contributed by atoms with van der Waals surface area (Å²) >= 11 is 1.92. The highest BCUT2D eigenvalue weighted by atomic mass is 32.1. The number of thiophene rings is 1. The standard InChI is InChI=1S/C18H25NS/c1-6-10-19-17(18-14(4)11-15(5)20-18)16-12(2)8-7-9-13(16)3/h7-9,11,17,19H,6,10H2,1-5H3. The van der Waals surface area contributed by atoms with Crippen LogP contribution >= 0.6 is 11.3 Å². The summed E-state index contributed by atoms with van der Waals surface area (Å²) in [4.78, 5) is 2.86. The van der Waals surface area contributed by atoms with Crippen LogP contribution in [0.1, 0.15) is 51.4 Å². The van der Waals surface area contributed by atoms with E-state index in [9.17, 15) is 0 Å². The molecule has 20 heavy (non-hydrogen) atoms. The van der Waals surface area contributed by atoms with Gasteiger partial charge in [0.2, 0.25) is 0 Å². The highest BCUT2D eigenvalue weighted by molar-refractivity contribution is 7.12. The van der Waals surface area contributed by atoms with Gasteiger partial charge in [0.15, 0.2) is 0 Å². The van der Waals surface area contributed by atoms with E-state index in [0.717, 1.165) is 13.0 Å². The summed E-state index contributed by atoms with van der Waals surface area (Å²) in [5.74, 6) is 0. The van der Waals surface area contributed by atoms with Crippen molar-refractivity contribution in [3.63, 3.8) is 0 Å². The van der Waals surface area contributed by atoms with Gasteiger partial charge in [-0.15, -0.1) is 11.3 Å². The Morgan fingerprint density at radius 3 is 2.20 bits per heavy atom. The molecule has 0 fully saturated rings. The van der Waals surface area contributed by atoms with E-state index in [1.807, 2.05) is 11.3 Å². The van der Waals surface area contributed by atoms with Gasteiger partial charge in [-0.25, -0.2) is 0 Å². The molecule has 1 unspecified atom stereocenters. The van der Waals surface area contributed by atoms with Crippen molar-refractivity contribution in [3.05, 3.63) is 56.3 Å². The molecule has 2 rings (SSSR count). The lowest BCUT2D eigenvalue weighted by Gasteiger charge is -2.23. The summed E-state index contributed by atoms with van der Waals surface area (Å²) in [5.41, 5.74) is 5.61. The van der Waals surface area contributed by atoms with Crippen molar-refractivity contribution in [2.45, 2.75) is 47.1 Å². The lowest BCUT2D eigenvalue weighted by atomic mass is 9.94. The molecular formula is C18H25NS. The molecule has 108 valence electrons. The highest BCUT2D eigenvalue weighted by Gasteiger charge is 2.21. The lowest BCUT2D eigenvalue weighted by Crippen LogP contribution is -2.24. The van der Waals surface area contributed by atoms with Crippen molar-refractivity contribution >= 4 is 11.3 Å². The summed E-state index contributed by atoms with van der Waals surface area (Å²) in [6, 6.07) is 9.22. The van der Waals surface area contributed by atoms with E-state index in [-0.39, 0.29) is 0 Å². The van der Waals surface area contributed by atoms with Gasteiger partial charge in [-0.3, -0.25) is 0 Å². The molecule has 0 spiro atoms. The second-order valence-corrected chi connectivity index (χ2v) is 6.88. The molecule has 0 aliphatic heterocycles. The largest absolute Gasteiger partial charge is 0.306 e. The zero-order chi connectivity index (χ0) is 14.7. The van der Waals surface area contributed by atoms with E-state index in [0.29, 0.717) is 6.04 Å². The second-order valence-electron chi connectivity index (χ2n) is 5.60. The van der Waals surface area contributed by atoms with Crippen molar-refractivity contribution in [2.24, 2.45) is 0 Å². The topological polar surface area (TPSA) is 12.0 Å². The third-order valence-corrected chi connectivity index (χ3v) is 4.99. The van der Waals surface area contributed by atoms with Gasteiger partial charge in [0.25, 0.3) is 0 Å². The normalized spacial score (nSPS) is 12.7. The number of benzene rings is 1. The molecule has 0 amide bonds. The van der Waals surface area contributed by atoms with Gasteiger partial charge in [0.1, 0.15) is 0 Å². The quantitative estimate of drug-likeness (QED) is 0.809. The van der Waals surface area contributed by atoms with Crippen molar-refractivity contribution in [2.75, 3.05) is 6.54 Å². The number of aryl methyl sites for hydroxylation is 4. The molecule has 0 saturated heterocycles. The molecule has 2 heteroatoms. The van der Waals surface area contributed by atoms with Crippen molar-refractivity contribution in [1.82, 2.24) is 5.32 Å². The minimum Gasteiger partial charge on any atom is -0.306 e. The van der Waals surface area contributed by atoms with Gasteiger partial charge in [0, 0.05) is 9.75 Å². The predicted molar refractivity (Wildman–Crippen MR) is 89.8 cm³/mol. The van der Waals surface area contributed by atoms with Gasteiger partial charge in [-0.1, -0.05) is 25.1 Å². The van der Waals surface area contributed by atoms with Crippen LogP contribution in [0.2, 0.25) is 0 Å². The monoisotopic (exact) mass is 287 g/mol. The zero-order valence-corrected chi connectivity index (χ0v) is 14.0. The van der Waals surface area contributed by atoms with Gasteiger partial charge in [0.05, 0.1) is 6.04 Å². The molecule has 0 bridgehead atoms. The summed E-state index contributed by atoms with van der Waals surface area (Å²) in [5, 5.41) is 3.75.